The Hall–Kier alpha value is -3.34. The summed E-state index contributed by atoms with van der Waals surface area (Å²) < 4.78 is 7.57. The van der Waals surface area contributed by atoms with Crippen molar-refractivity contribution in [2.24, 2.45) is 11.8 Å². The molecule has 0 saturated carbocycles. The van der Waals surface area contributed by atoms with Crippen LogP contribution in [-0.2, 0) is 11.3 Å². The van der Waals surface area contributed by atoms with Crippen LogP contribution >= 0.6 is 11.8 Å². The third-order valence-electron chi connectivity index (χ3n) is 5.89. The first-order chi connectivity index (χ1) is 16.3. The zero-order valence-corrected chi connectivity index (χ0v) is 20.3. The molecule has 2 unspecified atom stereocenters. The van der Waals surface area contributed by atoms with Crippen LogP contribution in [0.15, 0.2) is 52.2 Å². The molecular weight excluding hydrogens is 456 g/mol. The van der Waals surface area contributed by atoms with Gasteiger partial charge in [0, 0.05) is 38.0 Å². The minimum atomic E-state index is -0.464. The van der Waals surface area contributed by atoms with Crippen LogP contribution in [0.5, 0.6) is 0 Å². The van der Waals surface area contributed by atoms with Crippen LogP contribution in [0.2, 0.25) is 0 Å². The Bertz CT molecular complexity index is 1120. The third kappa shape index (κ3) is 5.41. The van der Waals surface area contributed by atoms with Crippen molar-refractivity contribution in [2.45, 2.75) is 32.0 Å². The van der Waals surface area contributed by atoms with Gasteiger partial charge in [0.15, 0.2) is 5.16 Å². The van der Waals surface area contributed by atoms with Crippen molar-refractivity contribution >= 4 is 35.0 Å². The number of carbonyl (C=O) groups is 1. The molecule has 3 aromatic rings. The van der Waals surface area contributed by atoms with Gasteiger partial charge in [-0.1, -0.05) is 25.6 Å². The lowest BCUT2D eigenvalue weighted by Crippen LogP contribution is -2.40. The van der Waals surface area contributed by atoms with Gasteiger partial charge in [-0.15, -0.1) is 10.2 Å². The zero-order valence-electron chi connectivity index (χ0n) is 19.5. The Balaban J connectivity index is 1.50. The second-order valence-electron chi connectivity index (χ2n) is 8.81. The van der Waals surface area contributed by atoms with Crippen LogP contribution in [0, 0.1) is 22.0 Å². The molecule has 0 spiro atoms. The van der Waals surface area contributed by atoms with Crippen molar-refractivity contribution in [3.63, 3.8) is 0 Å². The van der Waals surface area contributed by atoms with Gasteiger partial charge in [-0.2, -0.15) is 0 Å². The molecule has 34 heavy (non-hydrogen) atoms. The van der Waals surface area contributed by atoms with Crippen molar-refractivity contribution in [3.05, 3.63) is 58.5 Å². The maximum absolute atomic E-state index is 12.8. The van der Waals surface area contributed by atoms with Crippen molar-refractivity contribution in [3.8, 4) is 0 Å². The molecule has 0 bridgehead atoms. The number of piperidine rings is 1. The number of thioether (sulfide) groups is 1. The van der Waals surface area contributed by atoms with E-state index in [1.165, 1.54) is 35.2 Å². The number of non-ortho nitro benzene ring substituents is 1. The molecule has 1 aliphatic rings. The minimum absolute atomic E-state index is 0.0149. The Kier molecular flexibility index (Phi) is 7.20. The van der Waals surface area contributed by atoms with Crippen molar-refractivity contribution < 1.29 is 14.1 Å². The molecule has 0 N–H and O–H groups in total. The number of carbonyl (C=O) groups excluding carboxylic acids is 1. The van der Waals surface area contributed by atoms with E-state index in [0.29, 0.717) is 29.2 Å². The number of hydrogen-bond donors (Lipinski definition) is 0. The second-order valence-corrected chi connectivity index (χ2v) is 9.76. The van der Waals surface area contributed by atoms with Gasteiger partial charge < -0.3 is 14.2 Å². The summed E-state index contributed by atoms with van der Waals surface area (Å²) in [5, 5.41) is 20.4. The summed E-state index contributed by atoms with van der Waals surface area (Å²) in [6.07, 6.45) is 2.83. The molecule has 180 valence electrons. The predicted molar refractivity (Wildman–Crippen MR) is 130 cm³/mol. The lowest BCUT2D eigenvalue weighted by Gasteiger charge is -2.35. The number of nitro groups is 1. The fourth-order valence-corrected chi connectivity index (χ4v) is 5.16. The van der Waals surface area contributed by atoms with Crippen molar-refractivity contribution in [1.29, 1.82) is 0 Å². The molecule has 4 rings (SSSR count). The van der Waals surface area contributed by atoms with E-state index >= 15 is 0 Å². The van der Waals surface area contributed by atoms with Crippen LogP contribution in [0.4, 0.5) is 17.3 Å². The van der Waals surface area contributed by atoms with E-state index in [-0.39, 0.29) is 17.3 Å². The Morgan fingerprint density at radius 2 is 1.91 bits per heavy atom. The van der Waals surface area contributed by atoms with E-state index in [1.54, 1.807) is 25.4 Å². The highest BCUT2D eigenvalue weighted by Gasteiger charge is 2.27. The third-order valence-corrected chi connectivity index (χ3v) is 6.84. The average Bonchev–Trinajstić information content (AvgIpc) is 3.47. The lowest BCUT2D eigenvalue weighted by atomic mass is 9.92. The molecule has 1 aliphatic heterocycles. The smallest absolute Gasteiger partial charge is 0.269 e. The molecule has 1 amide bonds. The molecule has 2 aromatic heterocycles. The van der Waals surface area contributed by atoms with Gasteiger partial charge in [0.2, 0.25) is 11.9 Å². The highest BCUT2D eigenvalue weighted by Crippen LogP contribution is 2.29. The Labute approximate surface area is 202 Å². The molecule has 10 nitrogen and oxygen atoms in total. The van der Waals surface area contributed by atoms with Gasteiger partial charge in [-0.25, -0.2) is 0 Å². The molecule has 1 saturated heterocycles. The van der Waals surface area contributed by atoms with Gasteiger partial charge in [-0.05, 0) is 42.5 Å². The van der Waals surface area contributed by atoms with E-state index in [1.807, 2.05) is 16.7 Å². The number of benzene rings is 1. The first kappa shape index (κ1) is 23.8. The lowest BCUT2D eigenvalue weighted by molar-refractivity contribution is -0.384. The monoisotopic (exact) mass is 484 g/mol. The van der Waals surface area contributed by atoms with Crippen LogP contribution in [0.1, 0.15) is 26.0 Å². The van der Waals surface area contributed by atoms with E-state index in [9.17, 15) is 14.9 Å². The highest BCUT2D eigenvalue weighted by atomic mass is 32.2. The van der Waals surface area contributed by atoms with Gasteiger partial charge in [0.25, 0.3) is 5.69 Å². The van der Waals surface area contributed by atoms with Crippen molar-refractivity contribution in [1.82, 2.24) is 14.8 Å². The fraction of sp³-hybridized carbons (Fsp3) is 0.435. The summed E-state index contributed by atoms with van der Waals surface area (Å²) in [5.74, 6) is 2.70. The molecular formula is C23H28N6O4S. The fourth-order valence-electron chi connectivity index (χ4n) is 4.31. The first-order valence-corrected chi connectivity index (χ1v) is 12.1. The number of aromatic nitrogens is 3. The average molecular weight is 485 g/mol. The van der Waals surface area contributed by atoms with Gasteiger partial charge in [0.1, 0.15) is 5.76 Å². The molecule has 0 aliphatic carbocycles. The molecule has 3 heterocycles. The number of amides is 1. The quantitative estimate of drug-likeness (QED) is 0.267. The van der Waals surface area contributed by atoms with Crippen LogP contribution in [0.3, 0.4) is 0 Å². The van der Waals surface area contributed by atoms with E-state index < -0.39 is 4.92 Å². The molecule has 11 heteroatoms. The van der Waals surface area contributed by atoms with Crippen molar-refractivity contribution in [2.75, 3.05) is 35.7 Å². The zero-order chi connectivity index (χ0) is 24.2. The largest absolute Gasteiger partial charge is 0.467 e. The molecule has 2 atom stereocenters. The summed E-state index contributed by atoms with van der Waals surface area (Å²) in [6, 6.07) is 9.67. The van der Waals surface area contributed by atoms with Crippen LogP contribution < -0.4 is 9.80 Å². The van der Waals surface area contributed by atoms with E-state index in [0.717, 1.165) is 24.8 Å². The topological polar surface area (TPSA) is 111 Å². The molecule has 1 fully saturated rings. The van der Waals surface area contributed by atoms with Gasteiger partial charge >= 0.3 is 0 Å². The Morgan fingerprint density at radius 1 is 1.21 bits per heavy atom. The number of nitro benzene ring substituents is 1. The second kappa shape index (κ2) is 10.3. The first-order valence-electron chi connectivity index (χ1n) is 11.2. The maximum atomic E-state index is 12.8. The Morgan fingerprint density at radius 3 is 2.53 bits per heavy atom. The van der Waals surface area contributed by atoms with Crippen LogP contribution in [0.25, 0.3) is 0 Å². The standard InChI is InChI=1S/C23H28N6O4S/c1-16-11-17(2)13-27(12-16)22-24-25-23(28(22)14-20-5-4-10-33-20)34-15-21(30)26(3)18-6-8-19(9-7-18)29(31)32/h4-10,16-17H,11-15H2,1-3H3. The minimum Gasteiger partial charge on any atom is -0.467 e. The normalized spacial score (nSPS) is 18.1. The van der Waals surface area contributed by atoms with E-state index in [4.69, 9.17) is 4.42 Å². The number of furan rings is 1. The SMILES string of the molecule is CC1CC(C)CN(c2nnc(SCC(=O)N(C)c3ccc([N+](=O)[O-])cc3)n2Cc2ccco2)C1. The number of rotatable bonds is 8. The molecule has 0 radical (unpaired) electrons. The highest BCUT2D eigenvalue weighted by molar-refractivity contribution is 7.99. The number of hydrogen-bond acceptors (Lipinski definition) is 8. The summed E-state index contributed by atoms with van der Waals surface area (Å²) in [5.41, 5.74) is 0.573. The predicted octanol–water partition coefficient (Wildman–Crippen LogP) is 4.07. The van der Waals surface area contributed by atoms with E-state index in [2.05, 4.69) is 28.9 Å². The summed E-state index contributed by atoms with van der Waals surface area (Å²) in [7, 11) is 1.65. The van der Waals surface area contributed by atoms with Gasteiger partial charge in [-0.3, -0.25) is 19.5 Å². The number of nitrogens with zero attached hydrogens (tertiary/aromatic N) is 6. The summed E-state index contributed by atoms with van der Waals surface area (Å²) >= 11 is 1.32. The van der Waals surface area contributed by atoms with Crippen LogP contribution in [-0.4, -0.2) is 51.5 Å². The van der Waals surface area contributed by atoms with Gasteiger partial charge in [0.05, 0.1) is 23.5 Å². The maximum Gasteiger partial charge on any atom is 0.269 e. The summed E-state index contributed by atoms with van der Waals surface area (Å²) in [4.78, 5) is 27.0. The number of anilines is 2. The molecule has 1 aromatic carbocycles. The summed E-state index contributed by atoms with van der Waals surface area (Å²) in [6.45, 7) is 6.79.